The lowest BCUT2D eigenvalue weighted by molar-refractivity contribution is -0.146. The molecule has 0 radical (unpaired) electrons. The highest BCUT2D eigenvalue weighted by molar-refractivity contribution is 7.17. The van der Waals surface area contributed by atoms with Crippen LogP contribution < -0.4 is 5.32 Å². The van der Waals surface area contributed by atoms with E-state index >= 15 is 0 Å². The van der Waals surface area contributed by atoms with Crippen molar-refractivity contribution in [2.24, 2.45) is 0 Å². The van der Waals surface area contributed by atoms with E-state index in [1.54, 1.807) is 4.90 Å². The summed E-state index contributed by atoms with van der Waals surface area (Å²) in [5.41, 5.74) is 1.38. The second-order valence-electron chi connectivity index (χ2n) is 7.23. The summed E-state index contributed by atoms with van der Waals surface area (Å²) in [4.78, 5) is 39.5. The standard InChI is InChI=1S/C19H26N2O5S/c1-11-8-21(9-12(2)26-11)16(23)10-25-19(24)17-14-6-4-5-7-15(14)27-18(17)20-13(3)22/h11-12H,4-10H2,1-3H3,(H,20,22)/t11-,12-/m0/s1. The minimum atomic E-state index is -0.541. The van der Waals surface area contributed by atoms with Crippen LogP contribution in [-0.4, -0.2) is 54.6 Å². The van der Waals surface area contributed by atoms with Crippen molar-refractivity contribution in [1.29, 1.82) is 0 Å². The van der Waals surface area contributed by atoms with Gasteiger partial charge < -0.3 is 19.7 Å². The molecule has 1 aromatic heterocycles. The number of morpholine rings is 1. The minimum absolute atomic E-state index is 0.0383. The summed E-state index contributed by atoms with van der Waals surface area (Å²) in [6, 6.07) is 0. The van der Waals surface area contributed by atoms with Crippen LogP contribution in [0.1, 0.15) is 54.4 Å². The Kier molecular flexibility index (Phi) is 6.16. The van der Waals surface area contributed by atoms with Gasteiger partial charge in [-0.05, 0) is 45.1 Å². The van der Waals surface area contributed by atoms with E-state index in [1.807, 2.05) is 13.8 Å². The molecule has 7 nitrogen and oxygen atoms in total. The van der Waals surface area contributed by atoms with Gasteiger partial charge in [0.1, 0.15) is 5.00 Å². The van der Waals surface area contributed by atoms with Crippen molar-refractivity contribution in [3.63, 3.8) is 0 Å². The third-order valence-electron chi connectivity index (χ3n) is 4.76. The first-order valence-electron chi connectivity index (χ1n) is 9.37. The normalized spacial score (nSPS) is 22.1. The van der Waals surface area contributed by atoms with Gasteiger partial charge in [0.25, 0.3) is 5.91 Å². The maximum absolute atomic E-state index is 12.7. The highest BCUT2D eigenvalue weighted by atomic mass is 32.1. The maximum Gasteiger partial charge on any atom is 0.341 e. The Morgan fingerprint density at radius 1 is 1.19 bits per heavy atom. The molecular formula is C19H26N2O5S. The lowest BCUT2D eigenvalue weighted by atomic mass is 9.95. The zero-order valence-corrected chi connectivity index (χ0v) is 16.8. The molecule has 1 aromatic rings. The number of nitrogens with zero attached hydrogens (tertiary/aromatic N) is 1. The molecule has 1 aliphatic heterocycles. The maximum atomic E-state index is 12.7. The predicted molar refractivity (Wildman–Crippen MR) is 102 cm³/mol. The minimum Gasteiger partial charge on any atom is -0.452 e. The second-order valence-corrected chi connectivity index (χ2v) is 8.33. The summed E-state index contributed by atoms with van der Waals surface area (Å²) in [5.74, 6) is -0.994. The van der Waals surface area contributed by atoms with Crippen molar-refractivity contribution in [2.75, 3.05) is 25.0 Å². The van der Waals surface area contributed by atoms with E-state index in [2.05, 4.69) is 5.32 Å². The number of nitrogens with one attached hydrogen (secondary N) is 1. The van der Waals surface area contributed by atoms with Gasteiger partial charge in [-0.2, -0.15) is 0 Å². The number of carbonyl (C=O) groups is 3. The van der Waals surface area contributed by atoms with Crippen LogP contribution in [0.15, 0.2) is 0 Å². The Hall–Kier alpha value is -1.93. The molecule has 0 spiro atoms. The Balaban J connectivity index is 1.69. The van der Waals surface area contributed by atoms with Gasteiger partial charge in [0.2, 0.25) is 5.91 Å². The topological polar surface area (TPSA) is 84.9 Å². The number of thiophene rings is 1. The quantitative estimate of drug-likeness (QED) is 0.793. The van der Waals surface area contributed by atoms with Gasteiger partial charge in [0.15, 0.2) is 6.61 Å². The van der Waals surface area contributed by atoms with Gasteiger partial charge in [-0.25, -0.2) is 4.79 Å². The molecule has 0 unspecified atom stereocenters. The van der Waals surface area contributed by atoms with E-state index in [4.69, 9.17) is 9.47 Å². The molecule has 27 heavy (non-hydrogen) atoms. The van der Waals surface area contributed by atoms with Gasteiger partial charge in [0, 0.05) is 24.9 Å². The summed E-state index contributed by atoms with van der Waals surface area (Å²) < 4.78 is 11.0. The zero-order chi connectivity index (χ0) is 19.6. The van der Waals surface area contributed by atoms with Crippen LogP contribution in [0.4, 0.5) is 5.00 Å². The van der Waals surface area contributed by atoms with Gasteiger partial charge >= 0.3 is 5.97 Å². The molecule has 2 atom stereocenters. The second kappa shape index (κ2) is 8.39. The Labute approximate surface area is 163 Å². The zero-order valence-electron chi connectivity index (χ0n) is 16.0. The van der Waals surface area contributed by atoms with Crippen LogP contribution in [0.25, 0.3) is 0 Å². The average molecular weight is 394 g/mol. The molecule has 2 amide bonds. The molecule has 1 aliphatic carbocycles. The number of carbonyl (C=O) groups excluding carboxylic acids is 3. The van der Waals surface area contributed by atoms with Gasteiger partial charge in [-0.3, -0.25) is 9.59 Å². The first-order valence-corrected chi connectivity index (χ1v) is 10.2. The third kappa shape index (κ3) is 4.68. The summed E-state index contributed by atoms with van der Waals surface area (Å²) in [6.45, 7) is 5.93. The molecular weight excluding hydrogens is 368 g/mol. The fraction of sp³-hybridized carbons (Fsp3) is 0.632. The van der Waals surface area contributed by atoms with Crippen molar-refractivity contribution >= 4 is 34.1 Å². The number of hydrogen-bond donors (Lipinski definition) is 1. The number of aryl methyl sites for hydroxylation is 1. The van der Waals surface area contributed by atoms with Gasteiger partial charge in [-0.1, -0.05) is 0 Å². The summed E-state index contributed by atoms with van der Waals surface area (Å²) >= 11 is 1.44. The number of ether oxygens (including phenoxy) is 2. The Bertz CT molecular complexity index is 735. The SMILES string of the molecule is CC(=O)Nc1sc2c(c1C(=O)OCC(=O)N1C[C@H](C)O[C@@H](C)C1)CCCC2. The summed E-state index contributed by atoms with van der Waals surface area (Å²) in [5, 5.41) is 3.27. The van der Waals surface area contributed by atoms with Crippen LogP contribution in [0.3, 0.4) is 0 Å². The van der Waals surface area contributed by atoms with Crippen LogP contribution in [0.5, 0.6) is 0 Å². The lowest BCUT2D eigenvalue weighted by Crippen LogP contribution is -2.49. The van der Waals surface area contributed by atoms with Gasteiger partial charge in [0.05, 0.1) is 17.8 Å². The van der Waals surface area contributed by atoms with E-state index in [0.29, 0.717) is 23.7 Å². The van der Waals surface area contributed by atoms with Crippen LogP contribution in [0, 0.1) is 0 Å². The van der Waals surface area contributed by atoms with E-state index in [9.17, 15) is 14.4 Å². The number of amides is 2. The largest absolute Gasteiger partial charge is 0.452 e. The molecule has 8 heteroatoms. The number of anilines is 1. The van der Waals surface area contributed by atoms with E-state index in [-0.39, 0.29) is 30.6 Å². The number of hydrogen-bond acceptors (Lipinski definition) is 6. The molecule has 1 saturated heterocycles. The number of fused-ring (bicyclic) bond motifs is 1. The van der Waals surface area contributed by atoms with E-state index in [0.717, 1.165) is 36.1 Å². The van der Waals surface area contributed by atoms with Crippen molar-refractivity contribution in [3.05, 3.63) is 16.0 Å². The van der Waals surface area contributed by atoms with Crippen LogP contribution >= 0.6 is 11.3 Å². The molecule has 0 bridgehead atoms. The summed E-state index contributed by atoms with van der Waals surface area (Å²) in [6.07, 6.45) is 3.71. The molecule has 2 aliphatic rings. The fourth-order valence-electron chi connectivity index (χ4n) is 3.70. The monoisotopic (exact) mass is 394 g/mol. The lowest BCUT2D eigenvalue weighted by Gasteiger charge is -2.35. The Morgan fingerprint density at radius 3 is 2.52 bits per heavy atom. The molecule has 3 rings (SSSR count). The van der Waals surface area contributed by atoms with Crippen molar-refractivity contribution in [2.45, 2.75) is 58.7 Å². The summed E-state index contributed by atoms with van der Waals surface area (Å²) in [7, 11) is 0. The molecule has 1 N–H and O–H groups in total. The molecule has 0 saturated carbocycles. The highest BCUT2D eigenvalue weighted by Gasteiger charge is 2.29. The predicted octanol–water partition coefficient (Wildman–Crippen LogP) is 2.38. The van der Waals surface area contributed by atoms with Crippen molar-refractivity contribution in [1.82, 2.24) is 4.90 Å². The first-order chi connectivity index (χ1) is 12.8. The van der Waals surface area contributed by atoms with Gasteiger partial charge in [-0.15, -0.1) is 11.3 Å². The van der Waals surface area contributed by atoms with E-state index < -0.39 is 5.97 Å². The number of rotatable bonds is 4. The molecule has 2 heterocycles. The van der Waals surface area contributed by atoms with Crippen molar-refractivity contribution < 1.29 is 23.9 Å². The highest BCUT2D eigenvalue weighted by Crippen LogP contribution is 2.38. The van der Waals surface area contributed by atoms with Crippen LogP contribution in [-0.2, 0) is 31.9 Å². The van der Waals surface area contributed by atoms with Crippen LogP contribution in [0.2, 0.25) is 0 Å². The fourth-order valence-corrected chi connectivity index (χ4v) is 5.03. The number of esters is 1. The molecule has 148 valence electrons. The molecule has 1 fully saturated rings. The van der Waals surface area contributed by atoms with Crippen molar-refractivity contribution in [3.8, 4) is 0 Å². The third-order valence-corrected chi connectivity index (χ3v) is 5.97. The average Bonchev–Trinajstić information content (AvgIpc) is 2.95. The smallest absolute Gasteiger partial charge is 0.341 e. The Morgan fingerprint density at radius 2 is 1.85 bits per heavy atom. The van der Waals surface area contributed by atoms with E-state index in [1.165, 1.54) is 18.3 Å². The molecule has 0 aromatic carbocycles. The first kappa shape index (κ1) is 19.8.